The number of fused-ring (bicyclic) bond motifs is 4. The lowest BCUT2D eigenvalue weighted by molar-refractivity contribution is 0.0379. The van der Waals surface area contributed by atoms with Crippen molar-refractivity contribution in [2.24, 2.45) is 11.3 Å². The van der Waals surface area contributed by atoms with E-state index in [2.05, 4.69) is 0 Å². The van der Waals surface area contributed by atoms with Crippen LogP contribution in [0.25, 0.3) is 5.57 Å². The number of phenols is 1. The number of hydrogen-bond donors (Lipinski definition) is 2. The van der Waals surface area contributed by atoms with Crippen LogP contribution >= 0.6 is 0 Å². The maximum Gasteiger partial charge on any atom is 0.115 e. The molecule has 0 radical (unpaired) electrons. The first-order valence-electron chi connectivity index (χ1n) is 8.94. The zero-order valence-electron chi connectivity index (χ0n) is 14.7. The van der Waals surface area contributed by atoms with Gasteiger partial charge in [0.05, 0.1) is 7.45 Å². The van der Waals surface area contributed by atoms with Crippen molar-refractivity contribution in [2.45, 2.75) is 51.5 Å². The molecule has 0 heterocycles. The van der Waals surface area contributed by atoms with Crippen molar-refractivity contribution < 1.29 is 14.3 Å². The summed E-state index contributed by atoms with van der Waals surface area (Å²) in [6, 6.07) is 5.48. The summed E-state index contributed by atoms with van der Waals surface area (Å²) in [6.45, 7) is 1.88. The van der Waals surface area contributed by atoms with Crippen LogP contribution in [0, 0.1) is 11.3 Å². The molecule has 1 aromatic carbocycles. The van der Waals surface area contributed by atoms with Crippen LogP contribution in [-0.2, 0) is 6.42 Å². The smallest absolute Gasteiger partial charge is 0.115 e. The number of allylic oxidation sites excluding steroid dienone is 2. The zero-order valence-corrected chi connectivity index (χ0v) is 11.7. The summed E-state index contributed by atoms with van der Waals surface area (Å²) in [5.74, 6) is 0.205. The van der Waals surface area contributed by atoms with E-state index >= 15 is 0 Å². The maximum atomic E-state index is 10.6. The van der Waals surface area contributed by atoms with Gasteiger partial charge in [-0.3, -0.25) is 0 Å². The third kappa shape index (κ3) is 1.54. The van der Waals surface area contributed by atoms with Gasteiger partial charge in [-0.25, -0.2) is 0 Å². The number of benzene rings is 1. The van der Waals surface area contributed by atoms with Crippen LogP contribution < -0.4 is 0 Å². The fourth-order valence-corrected chi connectivity index (χ4v) is 4.33. The molecule has 3 aliphatic rings. The van der Waals surface area contributed by atoms with Gasteiger partial charge in [-0.1, -0.05) is 18.6 Å². The number of aliphatic hydroxyl groups is 1. The van der Waals surface area contributed by atoms with E-state index < -0.39 is 17.9 Å². The minimum atomic E-state index is -2.04. The summed E-state index contributed by atoms with van der Waals surface area (Å²) in [4.78, 5) is 0. The van der Waals surface area contributed by atoms with Gasteiger partial charge in [0, 0.05) is 8.16 Å². The molecular weight excluding hydrogens is 248 g/mol. The van der Waals surface area contributed by atoms with E-state index in [0.717, 1.165) is 30.4 Å². The highest BCUT2D eigenvalue weighted by molar-refractivity contribution is 5.75. The predicted octanol–water partition coefficient (Wildman–Crippen LogP) is 3.66. The molecule has 1 saturated carbocycles. The van der Waals surface area contributed by atoms with Crippen molar-refractivity contribution in [3.63, 3.8) is 0 Å². The van der Waals surface area contributed by atoms with E-state index in [1.165, 1.54) is 11.1 Å². The average Bonchev–Trinajstić information content (AvgIpc) is 2.62. The molecule has 0 bridgehead atoms. The molecule has 2 heteroatoms. The Kier molecular flexibility index (Phi) is 1.98. The van der Waals surface area contributed by atoms with Crippen molar-refractivity contribution in [1.82, 2.24) is 0 Å². The van der Waals surface area contributed by atoms with E-state index in [4.69, 9.17) is 4.11 Å². The van der Waals surface area contributed by atoms with Crippen molar-refractivity contribution in [3.8, 4) is 5.75 Å². The SMILES string of the molecule is [2H]C1([2H])C[C@@H]2C3=C(CC[C@@]2(C)[C@]1([2H])O)c1ccc(O)cc1CC3. The number of rotatable bonds is 0. The first kappa shape index (κ1) is 9.62. The van der Waals surface area contributed by atoms with E-state index in [1.807, 2.05) is 19.1 Å². The van der Waals surface area contributed by atoms with Crippen LogP contribution in [0.5, 0.6) is 5.75 Å². The lowest BCUT2D eigenvalue weighted by Gasteiger charge is -2.43. The lowest BCUT2D eigenvalue weighted by Crippen LogP contribution is -2.37. The Morgan fingerprint density at radius 3 is 3.05 bits per heavy atom. The molecule has 0 aromatic heterocycles. The quantitative estimate of drug-likeness (QED) is 0.757. The number of aryl methyl sites for hydroxylation is 1. The first-order chi connectivity index (χ1) is 10.7. The molecule has 1 aromatic rings. The molecule has 3 atom stereocenters. The third-order valence-corrected chi connectivity index (χ3v) is 5.56. The topological polar surface area (TPSA) is 40.5 Å². The second kappa shape index (κ2) is 4.11. The fraction of sp³-hybridized carbons (Fsp3) is 0.556. The van der Waals surface area contributed by atoms with Crippen LogP contribution in [0.4, 0.5) is 0 Å². The van der Waals surface area contributed by atoms with Crippen molar-refractivity contribution >= 4 is 5.57 Å². The van der Waals surface area contributed by atoms with E-state index in [0.29, 0.717) is 6.42 Å². The van der Waals surface area contributed by atoms with Crippen LogP contribution in [0.3, 0.4) is 0 Å². The standard InChI is InChI=1S/C18H22O2/c1-18-9-8-14-13-5-3-12(19)10-11(13)2-4-15(14)16(18)6-7-17(18)20/h3,5,10,16-17,19-20H,2,4,6-9H2,1H3/t16-,17-,18-/m1/s1/i7D2,17D. The summed E-state index contributed by atoms with van der Waals surface area (Å²) in [5, 5.41) is 20.3. The minimum absolute atomic E-state index is 0.0781. The van der Waals surface area contributed by atoms with Crippen LogP contribution in [0.2, 0.25) is 0 Å². The van der Waals surface area contributed by atoms with Gasteiger partial charge in [-0.2, -0.15) is 0 Å². The summed E-state index contributed by atoms with van der Waals surface area (Å²) in [6.07, 6.45) is -0.668. The first-order valence-corrected chi connectivity index (χ1v) is 7.44. The zero-order chi connectivity index (χ0) is 16.6. The van der Waals surface area contributed by atoms with Crippen molar-refractivity contribution in [1.29, 1.82) is 0 Å². The molecule has 20 heavy (non-hydrogen) atoms. The number of aromatic hydroxyl groups is 1. The minimum Gasteiger partial charge on any atom is -0.508 e. The van der Waals surface area contributed by atoms with E-state index in [-0.39, 0.29) is 18.1 Å². The molecule has 1 fully saturated rings. The number of phenolic OH excluding ortho intramolecular Hbond substituents is 1. The average molecular weight is 273 g/mol. The van der Waals surface area contributed by atoms with E-state index in [1.54, 1.807) is 6.07 Å². The van der Waals surface area contributed by atoms with E-state index in [9.17, 15) is 10.2 Å². The monoisotopic (exact) mass is 273 g/mol. The summed E-state index contributed by atoms with van der Waals surface area (Å²) in [5.41, 5.74) is 4.05. The van der Waals surface area contributed by atoms with Gasteiger partial charge in [0.25, 0.3) is 0 Å². The van der Waals surface area contributed by atoms with Crippen LogP contribution in [0.1, 0.15) is 54.2 Å². The molecule has 2 N–H and O–H groups in total. The Morgan fingerprint density at radius 2 is 2.20 bits per heavy atom. The highest BCUT2D eigenvalue weighted by atomic mass is 16.3. The Balaban J connectivity index is 1.85. The fourth-order valence-electron chi connectivity index (χ4n) is 4.33. The highest BCUT2D eigenvalue weighted by Crippen LogP contribution is 2.58. The molecule has 0 spiro atoms. The highest BCUT2D eigenvalue weighted by Gasteiger charge is 2.50. The molecule has 0 aliphatic heterocycles. The second-order valence-electron chi connectivity index (χ2n) is 6.54. The van der Waals surface area contributed by atoms with Gasteiger partial charge in [0.1, 0.15) is 5.75 Å². The molecule has 2 nitrogen and oxygen atoms in total. The third-order valence-electron chi connectivity index (χ3n) is 5.56. The molecule has 4 rings (SSSR count). The molecule has 3 aliphatic carbocycles. The van der Waals surface area contributed by atoms with Crippen molar-refractivity contribution in [3.05, 3.63) is 34.9 Å². The normalized spacial score (nSPS) is 43.9. The van der Waals surface area contributed by atoms with Gasteiger partial charge < -0.3 is 10.2 Å². The van der Waals surface area contributed by atoms with Gasteiger partial charge in [0.2, 0.25) is 0 Å². The molecular formula is C18H22O2. The van der Waals surface area contributed by atoms with Gasteiger partial charge in [0.15, 0.2) is 0 Å². The summed E-state index contributed by atoms with van der Waals surface area (Å²) < 4.78 is 24.6. The maximum absolute atomic E-state index is 10.6. The Labute approximate surface area is 124 Å². The van der Waals surface area contributed by atoms with Crippen LogP contribution in [0.15, 0.2) is 23.8 Å². The Bertz CT molecular complexity index is 723. The Morgan fingerprint density at radius 1 is 1.35 bits per heavy atom. The molecule has 0 saturated heterocycles. The molecule has 0 unspecified atom stereocenters. The van der Waals surface area contributed by atoms with Gasteiger partial charge in [-0.15, -0.1) is 0 Å². The summed E-state index contributed by atoms with van der Waals surface area (Å²) in [7, 11) is 0. The molecule has 106 valence electrons. The second-order valence-corrected chi connectivity index (χ2v) is 6.54. The lowest BCUT2D eigenvalue weighted by atomic mass is 9.62. The van der Waals surface area contributed by atoms with Gasteiger partial charge in [-0.05, 0) is 73.2 Å². The number of hydrogen-bond acceptors (Lipinski definition) is 2. The Hall–Kier alpha value is -1.28. The predicted molar refractivity (Wildman–Crippen MR) is 79.4 cm³/mol. The molecule has 0 amide bonds. The van der Waals surface area contributed by atoms with Crippen molar-refractivity contribution in [2.75, 3.05) is 0 Å². The summed E-state index contributed by atoms with van der Waals surface area (Å²) >= 11 is 0. The van der Waals surface area contributed by atoms with Gasteiger partial charge >= 0.3 is 0 Å². The van der Waals surface area contributed by atoms with Crippen LogP contribution in [-0.4, -0.2) is 16.3 Å². The largest absolute Gasteiger partial charge is 0.508 e.